The van der Waals surface area contributed by atoms with E-state index in [1.807, 2.05) is 30.5 Å². The number of halogens is 1. The van der Waals surface area contributed by atoms with Crippen LogP contribution in [0.1, 0.15) is 12.5 Å². The fourth-order valence-electron chi connectivity index (χ4n) is 1.51. The van der Waals surface area contributed by atoms with Crippen molar-refractivity contribution in [1.82, 2.24) is 9.78 Å². The molecule has 0 N–H and O–H groups in total. The normalized spacial score (nSPS) is 10.4. The second-order valence-corrected chi connectivity index (χ2v) is 4.48. The Bertz CT molecular complexity index is 519. The molecule has 0 spiro atoms. The molecule has 0 atom stereocenters. The molecule has 0 unspecified atom stereocenters. The van der Waals surface area contributed by atoms with Crippen LogP contribution in [0.2, 0.25) is 0 Å². The molecule has 2 aromatic rings. The van der Waals surface area contributed by atoms with E-state index >= 15 is 0 Å². The van der Waals surface area contributed by atoms with Crippen LogP contribution in [0.4, 0.5) is 0 Å². The van der Waals surface area contributed by atoms with E-state index in [2.05, 4.69) is 21.0 Å². The van der Waals surface area contributed by atoms with Gasteiger partial charge in [-0.1, -0.05) is 12.1 Å². The number of ketones is 1. The van der Waals surface area contributed by atoms with Crippen molar-refractivity contribution in [3.63, 3.8) is 0 Å². The zero-order chi connectivity index (χ0) is 11.5. The predicted octanol–water partition coefficient (Wildman–Crippen LogP) is 2.77. The summed E-state index contributed by atoms with van der Waals surface area (Å²) in [7, 11) is 0. The Balaban J connectivity index is 2.32. The molecule has 16 heavy (non-hydrogen) atoms. The zero-order valence-corrected chi connectivity index (χ0v) is 10.4. The van der Waals surface area contributed by atoms with Gasteiger partial charge in [-0.25, -0.2) is 4.68 Å². The maximum atomic E-state index is 11.0. The molecule has 0 radical (unpaired) electrons. The zero-order valence-electron chi connectivity index (χ0n) is 8.85. The molecule has 3 nitrogen and oxygen atoms in total. The summed E-state index contributed by atoms with van der Waals surface area (Å²) in [6.45, 7) is 1.58. The highest BCUT2D eigenvalue weighted by Gasteiger charge is 2.05. The Hall–Kier alpha value is -1.42. The summed E-state index contributed by atoms with van der Waals surface area (Å²) in [6, 6.07) is 7.83. The summed E-state index contributed by atoms with van der Waals surface area (Å²) < 4.78 is 2.75. The number of nitrogens with zero attached hydrogens (tertiary/aromatic N) is 2. The third-order valence-corrected chi connectivity index (χ3v) is 2.86. The number of hydrogen-bond donors (Lipinski definition) is 0. The predicted molar refractivity (Wildman–Crippen MR) is 65.6 cm³/mol. The van der Waals surface area contributed by atoms with E-state index in [0.717, 1.165) is 15.7 Å². The van der Waals surface area contributed by atoms with Gasteiger partial charge in [-0.2, -0.15) is 5.10 Å². The lowest BCUT2D eigenvalue weighted by atomic mass is 10.2. The average Bonchev–Trinajstić information content (AvgIpc) is 2.66. The number of Topliss-reactive ketones (excluding diaryl/α,β-unsaturated/α-hetero) is 1. The first-order chi connectivity index (χ1) is 7.66. The van der Waals surface area contributed by atoms with Gasteiger partial charge in [0.1, 0.15) is 5.78 Å². The largest absolute Gasteiger partial charge is 0.300 e. The Morgan fingerprint density at radius 2 is 2.19 bits per heavy atom. The molecule has 0 amide bonds. The molecule has 1 aromatic carbocycles. The van der Waals surface area contributed by atoms with Gasteiger partial charge < -0.3 is 0 Å². The van der Waals surface area contributed by atoms with E-state index in [0.29, 0.717) is 6.42 Å². The van der Waals surface area contributed by atoms with Crippen molar-refractivity contribution in [2.75, 3.05) is 0 Å². The lowest BCUT2D eigenvalue weighted by Gasteiger charge is -2.02. The van der Waals surface area contributed by atoms with Crippen LogP contribution in [-0.4, -0.2) is 15.6 Å². The van der Waals surface area contributed by atoms with E-state index in [-0.39, 0.29) is 5.78 Å². The van der Waals surface area contributed by atoms with Crippen LogP contribution in [0.25, 0.3) is 5.69 Å². The molecule has 1 heterocycles. The van der Waals surface area contributed by atoms with Gasteiger partial charge in [-0.3, -0.25) is 4.79 Å². The summed E-state index contributed by atoms with van der Waals surface area (Å²) >= 11 is 3.47. The topological polar surface area (TPSA) is 34.9 Å². The summed E-state index contributed by atoms with van der Waals surface area (Å²) in [4.78, 5) is 11.0. The summed E-state index contributed by atoms with van der Waals surface area (Å²) in [5.41, 5.74) is 1.90. The van der Waals surface area contributed by atoms with Gasteiger partial charge in [-0.05, 0) is 40.5 Å². The van der Waals surface area contributed by atoms with Crippen LogP contribution in [0.15, 0.2) is 41.1 Å². The summed E-state index contributed by atoms with van der Waals surface area (Å²) in [6.07, 6.45) is 4.03. The molecule has 0 bridgehead atoms. The molecule has 0 fully saturated rings. The first kappa shape index (κ1) is 11.1. The number of hydrogen-bond acceptors (Lipinski definition) is 2. The lowest BCUT2D eigenvalue weighted by molar-refractivity contribution is -0.116. The van der Waals surface area contributed by atoms with Crippen LogP contribution in [0.3, 0.4) is 0 Å². The minimum Gasteiger partial charge on any atom is -0.300 e. The highest BCUT2D eigenvalue weighted by molar-refractivity contribution is 9.10. The molecular formula is C12H11BrN2O. The molecule has 0 saturated carbocycles. The fraction of sp³-hybridized carbons (Fsp3) is 0.167. The summed E-state index contributed by atoms with van der Waals surface area (Å²) in [5, 5.41) is 4.23. The quantitative estimate of drug-likeness (QED) is 0.866. The molecule has 0 saturated heterocycles. The first-order valence-electron chi connectivity index (χ1n) is 4.94. The Morgan fingerprint density at radius 1 is 1.44 bits per heavy atom. The van der Waals surface area contributed by atoms with Gasteiger partial charge in [0, 0.05) is 17.1 Å². The molecule has 2 rings (SSSR count). The summed E-state index contributed by atoms with van der Waals surface area (Å²) in [5.74, 6) is 0.145. The van der Waals surface area contributed by atoms with Crippen molar-refractivity contribution in [3.8, 4) is 5.69 Å². The minimum atomic E-state index is 0.145. The van der Waals surface area contributed by atoms with Crippen molar-refractivity contribution in [2.24, 2.45) is 0 Å². The molecule has 0 aliphatic carbocycles. The van der Waals surface area contributed by atoms with Crippen LogP contribution in [-0.2, 0) is 11.2 Å². The fourth-order valence-corrected chi connectivity index (χ4v) is 1.97. The number of carbonyl (C=O) groups excluding carboxylic acids is 1. The standard InChI is InChI=1S/C12H11BrN2O/c1-9(16)6-10-7-14-15(8-10)12-5-3-2-4-11(12)13/h2-5,7-8H,6H2,1H3. The molecule has 1 aromatic heterocycles. The molecule has 82 valence electrons. The van der Waals surface area contributed by atoms with Crippen molar-refractivity contribution >= 4 is 21.7 Å². The second kappa shape index (κ2) is 4.61. The van der Waals surface area contributed by atoms with Gasteiger partial charge in [0.15, 0.2) is 0 Å². The Labute approximate surface area is 102 Å². The number of aromatic nitrogens is 2. The maximum Gasteiger partial charge on any atom is 0.134 e. The van der Waals surface area contributed by atoms with E-state index in [9.17, 15) is 4.79 Å². The Morgan fingerprint density at radius 3 is 2.88 bits per heavy atom. The second-order valence-electron chi connectivity index (χ2n) is 3.62. The van der Waals surface area contributed by atoms with E-state index in [4.69, 9.17) is 0 Å². The smallest absolute Gasteiger partial charge is 0.134 e. The van der Waals surface area contributed by atoms with Crippen LogP contribution >= 0.6 is 15.9 Å². The third-order valence-electron chi connectivity index (χ3n) is 2.19. The van der Waals surface area contributed by atoms with Gasteiger partial charge in [0.25, 0.3) is 0 Å². The number of rotatable bonds is 3. The van der Waals surface area contributed by atoms with Crippen molar-refractivity contribution in [1.29, 1.82) is 0 Å². The van der Waals surface area contributed by atoms with Crippen molar-refractivity contribution < 1.29 is 4.79 Å². The number of carbonyl (C=O) groups is 1. The monoisotopic (exact) mass is 278 g/mol. The number of para-hydroxylation sites is 1. The van der Waals surface area contributed by atoms with Gasteiger partial charge in [0.05, 0.1) is 11.9 Å². The van der Waals surface area contributed by atoms with E-state index in [1.165, 1.54) is 0 Å². The van der Waals surface area contributed by atoms with Crippen molar-refractivity contribution in [2.45, 2.75) is 13.3 Å². The minimum absolute atomic E-state index is 0.145. The van der Waals surface area contributed by atoms with Crippen LogP contribution < -0.4 is 0 Å². The SMILES string of the molecule is CC(=O)Cc1cnn(-c2ccccc2Br)c1. The van der Waals surface area contributed by atoms with Gasteiger partial charge >= 0.3 is 0 Å². The lowest BCUT2D eigenvalue weighted by Crippen LogP contribution is -1.96. The highest BCUT2D eigenvalue weighted by atomic mass is 79.9. The van der Waals surface area contributed by atoms with Crippen LogP contribution in [0.5, 0.6) is 0 Å². The van der Waals surface area contributed by atoms with Crippen LogP contribution in [0, 0.1) is 0 Å². The van der Waals surface area contributed by atoms with E-state index in [1.54, 1.807) is 17.8 Å². The molecular weight excluding hydrogens is 268 g/mol. The molecule has 4 heteroatoms. The molecule has 0 aliphatic rings. The van der Waals surface area contributed by atoms with Gasteiger partial charge in [0.2, 0.25) is 0 Å². The van der Waals surface area contributed by atoms with Crippen molar-refractivity contribution in [3.05, 3.63) is 46.7 Å². The maximum absolute atomic E-state index is 11.0. The third kappa shape index (κ3) is 2.39. The first-order valence-corrected chi connectivity index (χ1v) is 5.74. The van der Waals surface area contributed by atoms with E-state index < -0.39 is 0 Å². The number of benzene rings is 1. The Kier molecular flexibility index (Phi) is 3.19. The highest BCUT2D eigenvalue weighted by Crippen LogP contribution is 2.19. The van der Waals surface area contributed by atoms with Gasteiger partial charge in [-0.15, -0.1) is 0 Å². The molecule has 0 aliphatic heterocycles. The average molecular weight is 279 g/mol.